The second-order valence-electron chi connectivity index (χ2n) is 8.98. The van der Waals surface area contributed by atoms with Crippen LogP contribution in [0.1, 0.15) is 17.7 Å². The summed E-state index contributed by atoms with van der Waals surface area (Å²) < 4.78 is 24.3. The van der Waals surface area contributed by atoms with Crippen LogP contribution >= 0.6 is 0 Å². The predicted molar refractivity (Wildman–Crippen MR) is 138 cm³/mol. The number of hydrogen-bond acceptors (Lipinski definition) is 5. The van der Waals surface area contributed by atoms with E-state index >= 15 is 0 Å². The molecule has 4 rings (SSSR count). The minimum atomic E-state index is -0.336. The lowest BCUT2D eigenvalue weighted by Crippen LogP contribution is -2.45. The van der Waals surface area contributed by atoms with Gasteiger partial charge in [0.25, 0.3) is 0 Å². The zero-order valence-corrected chi connectivity index (χ0v) is 20.9. The van der Waals surface area contributed by atoms with Crippen molar-refractivity contribution in [3.63, 3.8) is 0 Å². The number of rotatable bonds is 11. The van der Waals surface area contributed by atoms with Crippen LogP contribution in [0.15, 0.2) is 77.4 Å². The molecule has 9 heteroatoms. The van der Waals surface area contributed by atoms with Gasteiger partial charge in [0.05, 0.1) is 26.0 Å². The molecule has 1 aromatic heterocycles. The standard InChI is InChI=1S/C28H33FN4O4/c29-24-11-9-23(10-12-24)20-33(21-26-8-4-17-37-26)27(34)22-32(14-5-13-31-15-18-36-19-16-31)28(35)30-25-6-2-1-3-7-25/h1-4,6-12,17H,5,13-16,18-22H2,(H,30,35). The molecule has 196 valence electrons. The van der Waals surface area contributed by atoms with Crippen LogP contribution in [-0.2, 0) is 22.6 Å². The van der Waals surface area contributed by atoms with Gasteiger partial charge < -0.3 is 24.3 Å². The first-order valence-electron chi connectivity index (χ1n) is 12.5. The lowest BCUT2D eigenvalue weighted by molar-refractivity contribution is -0.133. The van der Waals surface area contributed by atoms with Crippen LogP contribution in [0.5, 0.6) is 0 Å². The Kier molecular flexibility index (Phi) is 9.67. The van der Waals surface area contributed by atoms with Crippen molar-refractivity contribution in [2.24, 2.45) is 0 Å². The molecule has 1 aliphatic rings. The molecular weight excluding hydrogens is 475 g/mol. The lowest BCUT2D eigenvalue weighted by atomic mass is 10.2. The molecule has 0 spiro atoms. The third kappa shape index (κ3) is 8.44. The Morgan fingerprint density at radius 3 is 2.38 bits per heavy atom. The normalized spacial score (nSPS) is 13.8. The molecule has 1 saturated heterocycles. The fourth-order valence-electron chi connectivity index (χ4n) is 4.18. The first-order chi connectivity index (χ1) is 18.1. The van der Waals surface area contributed by atoms with Gasteiger partial charge in [0.2, 0.25) is 5.91 Å². The van der Waals surface area contributed by atoms with Gasteiger partial charge >= 0.3 is 6.03 Å². The van der Waals surface area contributed by atoms with Crippen LogP contribution in [0.4, 0.5) is 14.9 Å². The summed E-state index contributed by atoms with van der Waals surface area (Å²) in [5.74, 6) is 0.0649. The monoisotopic (exact) mass is 508 g/mol. The number of hydrogen-bond donors (Lipinski definition) is 1. The molecule has 1 aliphatic heterocycles. The minimum absolute atomic E-state index is 0.0936. The van der Waals surface area contributed by atoms with Gasteiger partial charge in [-0.15, -0.1) is 0 Å². The van der Waals surface area contributed by atoms with Crippen molar-refractivity contribution in [2.75, 3.05) is 51.3 Å². The molecule has 0 atom stereocenters. The Morgan fingerprint density at radius 1 is 0.919 bits per heavy atom. The quantitative estimate of drug-likeness (QED) is 0.420. The number of nitrogens with zero attached hydrogens (tertiary/aromatic N) is 3. The molecule has 0 aliphatic carbocycles. The number of ether oxygens (including phenoxy) is 1. The number of nitrogens with one attached hydrogen (secondary N) is 1. The van der Waals surface area contributed by atoms with E-state index in [1.807, 2.05) is 30.3 Å². The van der Waals surface area contributed by atoms with Crippen molar-refractivity contribution >= 4 is 17.6 Å². The topological polar surface area (TPSA) is 78.3 Å². The maximum Gasteiger partial charge on any atom is 0.322 e. The summed E-state index contributed by atoms with van der Waals surface area (Å²) in [4.78, 5) is 32.2. The van der Waals surface area contributed by atoms with Gasteiger partial charge in [0.1, 0.15) is 18.1 Å². The van der Waals surface area contributed by atoms with Crippen LogP contribution in [0.3, 0.4) is 0 Å². The van der Waals surface area contributed by atoms with Crippen molar-refractivity contribution in [1.29, 1.82) is 0 Å². The highest BCUT2D eigenvalue weighted by Crippen LogP contribution is 2.14. The number of benzene rings is 2. The van der Waals surface area contributed by atoms with Crippen LogP contribution in [-0.4, -0.2) is 72.6 Å². The average molecular weight is 509 g/mol. The SMILES string of the molecule is O=C(CN(CCCN1CCOCC1)C(=O)Nc1ccccc1)N(Cc1ccc(F)cc1)Cc1ccco1. The third-order valence-corrected chi connectivity index (χ3v) is 6.21. The summed E-state index contributed by atoms with van der Waals surface area (Å²) >= 11 is 0. The Balaban J connectivity index is 1.45. The van der Waals surface area contributed by atoms with Crippen molar-refractivity contribution in [1.82, 2.24) is 14.7 Å². The number of anilines is 1. The zero-order valence-electron chi connectivity index (χ0n) is 20.9. The number of furan rings is 1. The molecule has 1 fully saturated rings. The Morgan fingerprint density at radius 2 is 1.68 bits per heavy atom. The number of morpholine rings is 1. The Hall–Kier alpha value is -3.69. The molecule has 3 aromatic rings. The highest BCUT2D eigenvalue weighted by molar-refractivity contribution is 5.92. The summed E-state index contributed by atoms with van der Waals surface area (Å²) in [6, 6.07) is 18.5. The highest BCUT2D eigenvalue weighted by atomic mass is 19.1. The van der Waals surface area contributed by atoms with E-state index in [2.05, 4.69) is 10.2 Å². The Labute approximate surface area is 216 Å². The largest absolute Gasteiger partial charge is 0.467 e. The van der Waals surface area contributed by atoms with Gasteiger partial charge in [-0.25, -0.2) is 9.18 Å². The van der Waals surface area contributed by atoms with Gasteiger partial charge in [-0.05, 0) is 48.4 Å². The molecule has 1 N–H and O–H groups in total. The van der Waals surface area contributed by atoms with Crippen LogP contribution < -0.4 is 5.32 Å². The fourth-order valence-corrected chi connectivity index (χ4v) is 4.18. The van der Waals surface area contributed by atoms with Gasteiger partial charge in [-0.2, -0.15) is 0 Å². The molecule has 2 aromatic carbocycles. The van der Waals surface area contributed by atoms with E-state index in [0.29, 0.717) is 31.2 Å². The molecular formula is C28H33FN4O4. The lowest BCUT2D eigenvalue weighted by Gasteiger charge is -2.30. The molecule has 3 amide bonds. The first-order valence-corrected chi connectivity index (χ1v) is 12.5. The van der Waals surface area contributed by atoms with Crippen molar-refractivity contribution in [3.8, 4) is 0 Å². The molecule has 37 heavy (non-hydrogen) atoms. The molecule has 0 saturated carbocycles. The van der Waals surface area contributed by atoms with E-state index in [1.165, 1.54) is 12.1 Å². The molecule has 0 radical (unpaired) electrons. The second kappa shape index (κ2) is 13.6. The highest BCUT2D eigenvalue weighted by Gasteiger charge is 2.23. The van der Waals surface area contributed by atoms with Crippen LogP contribution in [0.25, 0.3) is 0 Å². The summed E-state index contributed by atoms with van der Waals surface area (Å²) in [7, 11) is 0. The number of halogens is 1. The van der Waals surface area contributed by atoms with Crippen LogP contribution in [0, 0.1) is 5.82 Å². The molecule has 0 bridgehead atoms. The first kappa shape index (κ1) is 26.4. The smallest absolute Gasteiger partial charge is 0.322 e. The van der Waals surface area contributed by atoms with Crippen molar-refractivity contribution in [3.05, 3.63) is 90.1 Å². The maximum absolute atomic E-state index is 13.5. The van der Waals surface area contributed by atoms with E-state index in [9.17, 15) is 14.0 Å². The van der Waals surface area contributed by atoms with E-state index in [4.69, 9.17) is 9.15 Å². The summed E-state index contributed by atoms with van der Waals surface area (Å²) in [5, 5.41) is 2.90. The van der Waals surface area contributed by atoms with Crippen molar-refractivity contribution < 1.29 is 23.1 Å². The van der Waals surface area contributed by atoms with E-state index in [-0.39, 0.29) is 37.4 Å². The summed E-state index contributed by atoms with van der Waals surface area (Å²) in [6.45, 7) is 4.80. The van der Waals surface area contributed by atoms with Crippen molar-refractivity contribution in [2.45, 2.75) is 19.5 Å². The van der Waals surface area contributed by atoms with Gasteiger partial charge in [0, 0.05) is 38.4 Å². The Bertz CT molecular complexity index is 1100. The van der Waals surface area contributed by atoms with Gasteiger partial charge in [0.15, 0.2) is 0 Å². The molecule has 8 nitrogen and oxygen atoms in total. The number of carbonyl (C=O) groups excluding carboxylic acids is 2. The second-order valence-corrected chi connectivity index (χ2v) is 8.98. The number of carbonyl (C=O) groups is 2. The minimum Gasteiger partial charge on any atom is -0.467 e. The molecule has 0 unspecified atom stereocenters. The predicted octanol–water partition coefficient (Wildman–Crippen LogP) is 4.20. The average Bonchev–Trinajstić information content (AvgIpc) is 3.43. The van der Waals surface area contributed by atoms with E-state index in [1.54, 1.807) is 40.3 Å². The van der Waals surface area contributed by atoms with Gasteiger partial charge in [-0.3, -0.25) is 9.69 Å². The van der Waals surface area contributed by atoms with E-state index < -0.39 is 0 Å². The van der Waals surface area contributed by atoms with Crippen LogP contribution in [0.2, 0.25) is 0 Å². The molecule has 2 heterocycles. The number of urea groups is 1. The summed E-state index contributed by atoms with van der Waals surface area (Å²) in [5.41, 5.74) is 1.45. The van der Waals surface area contributed by atoms with Gasteiger partial charge in [-0.1, -0.05) is 30.3 Å². The van der Waals surface area contributed by atoms with E-state index in [0.717, 1.165) is 31.6 Å². The fraction of sp³-hybridized carbons (Fsp3) is 0.357. The maximum atomic E-state index is 13.5. The summed E-state index contributed by atoms with van der Waals surface area (Å²) in [6.07, 6.45) is 2.28. The third-order valence-electron chi connectivity index (χ3n) is 6.21. The number of amides is 3. The number of para-hydroxylation sites is 1. The zero-order chi connectivity index (χ0) is 25.9.